The fourth-order valence-electron chi connectivity index (χ4n) is 2.24. The highest BCUT2D eigenvalue weighted by Gasteiger charge is 2.16. The number of carbonyl (C=O) groups excluding carboxylic acids is 2. The number of thiazole rings is 1. The summed E-state index contributed by atoms with van der Waals surface area (Å²) in [5.74, 6) is -0.512. The Balaban J connectivity index is 1.89. The molecular formula is C17H20N2O4S2. The van der Waals surface area contributed by atoms with Crippen molar-refractivity contribution in [2.75, 3.05) is 11.1 Å². The van der Waals surface area contributed by atoms with Crippen molar-refractivity contribution in [3.63, 3.8) is 0 Å². The molecule has 0 fully saturated rings. The van der Waals surface area contributed by atoms with Crippen LogP contribution in [0.5, 0.6) is 0 Å². The van der Waals surface area contributed by atoms with Crippen LogP contribution in [0.3, 0.4) is 0 Å². The number of rotatable bonds is 7. The monoisotopic (exact) mass is 380 g/mol. The van der Waals surface area contributed by atoms with E-state index in [1.807, 2.05) is 6.92 Å². The summed E-state index contributed by atoms with van der Waals surface area (Å²) in [5.41, 5.74) is 1.57. The summed E-state index contributed by atoms with van der Waals surface area (Å²) in [6.45, 7) is 5.04. The number of nitrogens with one attached hydrogen (secondary N) is 1. The van der Waals surface area contributed by atoms with E-state index in [0.29, 0.717) is 15.7 Å². The molecule has 6 nitrogen and oxygen atoms in total. The summed E-state index contributed by atoms with van der Waals surface area (Å²) < 4.78 is 24.5. The first-order chi connectivity index (χ1) is 11.7. The van der Waals surface area contributed by atoms with Gasteiger partial charge in [0.1, 0.15) is 0 Å². The van der Waals surface area contributed by atoms with E-state index in [2.05, 4.69) is 10.3 Å². The number of amides is 1. The fourth-order valence-corrected chi connectivity index (χ4v) is 4.43. The number of hydrogen-bond donors (Lipinski definition) is 1. The van der Waals surface area contributed by atoms with Gasteiger partial charge >= 0.3 is 0 Å². The number of aromatic nitrogens is 1. The minimum atomic E-state index is -3.40. The summed E-state index contributed by atoms with van der Waals surface area (Å²) >= 11 is 1.12. The standard InChI is InChI=1S/C17H20N2O4S2/c1-11-6-8-14(9-7-11)25(22,23)10-4-5-15(21)19-17-18-12(2)16(24-17)13(3)20/h6-9H,4-5,10H2,1-3H3,(H,18,19,21). The van der Waals surface area contributed by atoms with E-state index in [1.165, 1.54) is 6.92 Å². The van der Waals surface area contributed by atoms with Crippen LogP contribution < -0.4 is 5.32 Å². The second-order valence-corrected chi connectivity index (χ2v) is 8.88. The highest BCUT2D eigenvalue weighted by atomic mass is 32.2. The number of Topliss-reactive ketones (excluding diaryl/α,β-unsaturated/α-hetero) is 1. The molecule has 2 aromatic rings. The second kappa shape index (κ2) is 7.88. The predicted octanol–water partition coefficient (Wildman–Crippen LogP) is 3.16. The van der Waals surface area contributed by atoms with Gasteiger partial charge in [0.05, 0.1) is 21.2 Å². The van der Waals surface area contributed by atoms with Crippen molar-refractivity contribution in [1.82, 2.24) is 4.98 Å². The Bertz CT molecular complexity index is 884. The summed E-state index contributed by atoms with van der Waals surface area (Å²) in [6, 6.07) is 6.65. The Labute approximate surface area is 151 Å². The van der Waals surface area contributed by atoms with E-state index in [9.17, 15) is 18.0 Å². The number of anilines is 1. The molecule has 0 unspecified atom stereocenters. The SMILES string of the molecule is CC(=O)c1sc(NC(=O)CCCS(=O)(=O)c2ccc(C)cc2)nc1C. The molecule has 1 aromatic carbocycles. The predicted molar refractivity (Wildman–Crippen MR) is 98.0 cm³/mol. The number of sulfone groups is 1. The second-order valence-electron chi connectivity index (χ2n) is 5.77. The molecule has 1 N–H and O–H groups in total. The fraction of sp³-hybridized carbons (Fsp3) is 0.353. The molecule has 2 rings (SSSR count). The Kier molecular flexibility index (Phi) is 6.07. The van der Waals surface area contributed by atoms with Gasteiger partial charge in [0.25, 0.3) is 0 Å². The molecule has 1 heterocycles. The summed E-state index contributed by atoms with van der Waals surface area (Å²) in [7, 11) is -3.40. The molecule has 0 bridgehead atoms. The van der Waals surface area contributed by atoms with Crippen molar-refractivity contribution in [3.05, 3.63) is 40.4 Å². The van der Waals surface area contributed by atoms with E-state index in [1.54, 1.807) is 31.2 Å². The van der Waals surface area contributed by atoms with Crippen LogP contribution in [-0.4, -0.2) is 30.8 Å². The van der Waals surface area contributed by atoms with Crippen LogP contribution in [-0.2, 0) is 14.6 Å². The number of benzene rings is 1. The number of ketones is 1. The van der Waals surface area contributed by atoms with Crippen LogP contribution in [0.1, 0.15) is 40.7 Å². The van der Waals surface area contributed by atoms with Crippen LogP contribution in [0.4, 0.5) is 5.13 Å². The maximum Gasteiger partial charge on any atom is 0.226 e. The van der Waals surface area contributed by atoms with Gasteiger partial charge in [-0.05, 0) is 32.4 Å². The van der Waals surface area contributed by atoms with Crippen molar-refractivity contribution in [2.24, 2.45) is 0 Å². The molecule has 0 saturated heterocycles. The Hall–Kier alpha value is -2.06. The number of nitrogens with zero attached hydrogens (tertiary/aromatic N) is 1. The van der Waals surface area contributed by atoms with Crippen molar-refractivity contribution >= 4 is 38.0 Å². The maximum atomic E-state index is 12.2. The van der Waals surface area contributed by atoms with E-state index < -0.39 is 9.84 Å². The zero-order valence-corrected chi connectivity index (χ0v) is 16.0. The summed E-state index contributed by atoms with van der Waals surface area (Å²) in [4.78, 5) is 28.2. The molecular weight excluding hydrogens is 360 g/mol. The Morgan fingerprint density at radius 1 is 1.16 bits per heavy atom. The smallest absolute Gasteiger partial charge is 0.226 e. The van der Waals surface area contributed by atoms with E-state index in [0.717, 1.165) is 16.9 Å². The Morgan fingerprint density at radius 2 is 1.80 bits per heavy atom. The summed E-state index contributed by atoms with van der Waals surface area (Å²) in [6.07, 6.45) is 0.283. The minimum absolute atomic E-state index is 0.0686. The molecule has 1 amide bonds. The highest BCUT2D eigenvalue weighted by molar-refractivity contribution is 7.91. The van der Waals surface area contributed by atoms with Gasteiger partial charge in [-0.25, -0.2) is 13.4 Å². The molecule has 0 spiro atoms. The normalized spacial score (nSPS) is 11.3. The largest absolute Gasteiger partial charge is 0.302 e. The van der Waals surface area contributed by atoms with Crippen molar-refractivity contribution in [3.8, 4) is 0 Å². The van der Waals surface area contributed by atoms with Crippen LogP contribution in [0, 0.1) is 13.8 Å². The van der Waals surface area contributed by atoms with Crippen molar-refractivity contribution < 1.29 is 18.0 Å². The number of hydrogen-bond acceptors (Lipinski definition) is 6. The molecule has 0 saturated carbocycles. The zero-order chi connectivity index (χ0) is 18.6. The molecule has 8 heteroatoms. The third-order valence-corrected chi connectivity index (χ3v) is 6.55. The average Bonchev–Trinajstić information content (AvgIpc) is 2.88. The average molecular weight is 380 g/mol. The molecule has 134 valence electrons. The third-order valence-electron chi connectivity index (χ3n) is 3.56. The van der Waals surface area contributed by atoms with Gasteiger partial charge in [0.15, 0.2) is 20.8 Å². The van der Waals surface area contributed by atoms with Gasteiger partial charge < -0.3 is 5.32 Å². The van der Waals surface area contributed by atoms with Crippen molar-refractivity contribution in [1.29, 1.82) is 0 Å². The van der Waals surface area contributed by atoms with Crippen LogP contribution >= 0.6 is 11.3 Å². The van der Waals surface area contributed by atoms with E-state index in [-0.39, 0.29) is 35.2 Å². The first kappa shape index (κ1) is 19.3. The van der Waals surface area contributed by atoms with Gasteiger partial charge in [-0.15, -0.1) is 0 Å². The molecule has 0 radical (unpaired) electrons. The van der Waals surface area contributed by atoms with Crippen LogP contribution in [0.2, 0.25) is 0 Å². The topological polar surface area (TPSA) is 93.2 Å². The molecule has 25 heavy (non-hydrogen) atoms. The van der Waals surface area contributed by atoms with Gasteiger partial charge in [-0.3, -0.25) is 9.59 Å². The molecule has 0 atom stereocenters. The van der Waals surface area contributed by atoms with Crippen LogP contribution in [0.25, 0.3) is 0 Å². The number of aryl methyl sites for hydroxylation is 2. The summed E-state index contributed by atoms with van der Waals surface area (Å²) in [5, 5.41) is 2.97. The van der Waals surface area contributed by atoms with E-state index in [4.69, 9.17) is 0 Å². The first-order valence-electron chi connectivity index (χ1n) is 7.76. The van der Waals surface area contributed by atoms with Crippen molar-refractivity contribution in [2.45, 2.75) is 38.5 Å². The minimum Gasteiger partial charge on any atom is -0.302 e. The highest BCUT2D eigenvalue weighted by Crippen LogP contribution is 2.23. The molecule has 0 aliphatic heterocycles. The number of carbonyl (C=O) groups is 2. The quantitative estimate of drug-likeness (QED) is 0.745. The molecule has 0 aliphatic rings. The van der Waals surface area contributed by atoms with Gasteiger partial charge in [0.2, 0.25) is 5.91 Å². The molecule has 1 aromatic heterocycles. The maximum absolute atomic E-state index is 12.2. The molecule has 0 aliphatic carbocycles. The van der Waals surface area contributed by atoms with Crippen LogP contribution in [0.15, 0.2) is 29.2 Å². The van der Waals surface area contributed by atoms with Gasteiger partial charge in [-0.2, -0.15) is 0 Å². The van der Waals surface area contributed by atoms with Gasteiger partial charge in [0, 0.05) is 13.3 Å². The lowest BCUT2D eigenvalue weighted by molar-refractivity contribution is -0.116. The van der Waals surface area contributed by atoms with Gasteiger partial charge in [-0.1, -0.05) is 29.0 Å². The lowest BCUT2D eigenvalue weighted by Gasteiger charge is -2.05. The third kappa shape index (κ3) is 5.20. The zero-order valence-electron chi connectivity index (χ0n) is 14.3. The lowest BCUT2D eigenvalue weighted by Crippen LogP contribution is -2.14. The van der Waals surface area contributed by atoms with E-state index >= 15 is 0 Å². The lowest BCUT2D eigenvalue weighted by atomic mass is 10.2. The Morgan fingerprint density at radius 3 is 2.36 bits per heavy atom. The first-order valence-corrected chi connectivity index (χ1v) is 10.2.